The molecule has 8 heteroatoms. The molecular formula is C17H17N3O3S2. The van der Waals surface area contributed by atoms with Gasteiger partial charge in [-0.05, 0) is 26.0 Å². The SMILES string of the molecule is COc1cccc(-c2nc(C(=O)Nc3nc(C)c(C)s3)cs2)c1OC. The highest BCUT2D eigenvalue weighted by Crippen LogP contribution is 2.39. The summed E-state index contributed by atoms with van der Waals surface area (Å²) < 4.78 is 10.7. The lowest BCUT2D eigenvalue weighted by atomic mass is 10.2. The van der Waals surface area contributed by atoms with Crippen LogP contribution in [0.25, 0.3) is 10.6 Å². The molecule has 0 bridgehead atoms. The molecule has 0 unspecified atom stereocenters. The van der Waals surface area contributed by atoms with Crippen LogP contribution in [0.4, 0.5) is 5.13 Å². The minimum Gasteiger partial charge on any atom is -0.493 e. The molecule has 2 heterocycles. The maximum atomic E-state index is 12.4. The number of benzene rings is 1. The zero-order chi connectivity index (χ0) is 18.0. The normalized spacial score (nSPS) is 10.6. The number of nitrogens with zero attached hydrogens (tertiary/aromatic N) is 2. The Morgan fingerprint density at radius 1 is 1.16 bits per heavy atom. The first kappa shape index (κ1) is 17.4. The molecule has 130 valence electrons. The summed E-state index contributed by atoms with van der Waals surface area (Å²) in [6.45, 7) is 3.89. The molecule has 1 amide bonds. The van der Waals surface area contributed by atoms with Crippen molar-refractivity contribution in [1.82, 2.24) is 9.97 Å². The highest BCUT2D eigenvalue weighted by Gasteiger charge is 2.18. The van der Waals surface area contributed by atoms with Crippen molar-refractivity contribution in [3.63, 3.8) is 0 Å². The lowest BCUT2D eigenvalue weighted by Gasteiger charge is -2.10. The van der Waals surface area contributed by atoms with Gasteiger partial charge in [0.1, 0.15) is 10.7 Å². The van der Waals surface area contributed by atoms with E-state index in [1.165, 1.54) is 22.7 Å². The van der Waals surface area contributed by atoms with Crippen LogP contribution in [0.15, 0.2) is 23.6 Å². The molecule has 0 saturated carbocycles. The lowest BCUT2D eigenvalue weighted by Crippen LogP contribution is -2.12. The lowest BCUT2D eigenvalue weighted by molar-refractivity contribution is 0.102. The fourth-order valence-electron chi connectivity index (χ4n) is 2.24. The van der Waals surface area contributed by atoms with Crippen LogP contribution in [-0.4, -0.2) is 30.1 Å². The minimum absolute atomic E-state index is 0.280. The van der Waals surface area contributed by atoms with Gasteiger partial charge in [-0.3, -0.25) is 10.1 Å². The maximum absolute atomic E-state index is 12.4. The summed E-state index contributed by atoms with van der Waals surface area (Å²) in [4.78, 5) is 22.2. The van der Waals surface area contributed by atoms with Crippen LogP contribution in [0.1, 0.15) is 21.1 Å². The van der Waals surface area contributed by atoms with Gasteiger partial charge in [0.15, 0.2) is 16.6 Å². The standard InChI is InChI=1S/C17H17N3O3S2/c1-9-10(2)25-17(18-9)20-15(21)12-8-24-16(19-12)11-6-5-7-13(22-3)14(11)23-4/h5-8H,1-4H3,(H,18,20,21). The van der Waals surface area contributed by atoms with Crippen LogP contribution in [0, 0.1) is 13.8 Å². The van der Waals surface area contributed by atoms with Crippen molar-refractivity contribution >= 4 is 33.7 Å². The van der Waals surface area contributed by atoms with Crippen LogP contribution in [-0.2, 0) is 0 Å². The van der Waals surface area contributed by atoms with E-state index >= 15 is 0 Å². The number of hydrogen-bond donors (Lipinski definition) is 1. The second-order valence-electron chi connectivity index (χ2n) is 5.19. The van der Waals surface area contributed by atoms with E-state index in [0.717, 1.165) is 16.1 Å². The Morgan fingerprint density at radius 2 is 1.96 bits per heavy atom. The molecule has 25 heavy (non-hydrogen) atoms. The fraction of sp³-hybridized carbons (Fsp3) is 0.235. The number of carbonyl (C=O) groups is 1. The van der Waals surface area contributed by atoms with Gasteiger partial charge in [0.2, 0.25) is 0 Å². The number of ether oxygens (including phenoxy) is 2. The quantitative estimate of drug-likeness (QED) is 0.725. The monoisotopic (exact) mass is 375 g/mol. The van der Waals surface area contributed by atoms with Gasteiger partial charge in [-0.1, -0.05) is 6.07 Å². The van der Waals surface area contributed by atoms with Crippen molar-refractivity contribution in [2.45, 2.75) is 13.8 Å². The average molecular weight is 375 g/mol. The molecule has 1 N–H and O–H groups in total. The second kappa shape index (κ2) is 7.20. The number of rotatable bonds is 5. The van der Waals surface area contributed by atoms with Gasteiger partial charge in [0, 0.05) is 10.3 Å². The summed E-state index contributed by atoms with van der Waals surface area (Å²) >= 11 is 2.82. The van der Waals surface area contributed by atoms with E-state index in [1.807, 2.05) is 32.0 Å². The molecular weight excluding hydrogens is 358 g/mol. The van der Waals surface area contributed by atoms with E-state index in [4.69, 9.17) is 9.47 Å². The number of methoxy groups -OCH3 is 2. The van der Waals surface area contributed by atoms with Crippen LogP contribution in [0.3, 0.4) is 0 Å². The van der Waals surface area contributed by atoms with Crippen molar-refractivity contribution in [2.24, 2.45) is 0 Å². The van der Waals surface area contributed by atoms with Crippen molar-refractivity contribution in [1.29, 1.82) is 0 Å². The number of thiazole rings is 2. The summed E-state index contributed by atoms with van der Waals surface area (Å²) in [7, 11) is 3.16. The molecule has 3 rings (SSSR count). The van der Waals surface area contributed by atoms with Gasteiger partial charge < -0.3 is 9.47 Å². The maximum Gasteiger partial charge on any atom is 0.276 e. The number of para-hydroxylation sites is 1. The van der Waals surface area contributed by atoms with Crippen molar-refractivity contribution < 1.29 is 14.3 Å². The average Bonchev–Trinajstić information content (AvgIpc) is 3.21. The molecule has 0 aliphatic heterocycles. The van der Waals surface area contributed by atoms with Gasteiger partial charge in [-0.15, -0.1) is 22.7 Å². The molecule has 0 radical (unpaired) electrons. The second-order valence-corrected chi connectivity index (χ2v) is 7.26. The summed E-state index contributed by atoms with van der Waals surface area (Å²) in [6, 6.07) is 5.56. The first-order valence-corrected chi connectivity index (χ1v) is 9.15. The molecule has 0 saturated heterocycles. The van der Waals surface area contributed by atoms with Gasteiger partial charge in [0.05, 0.1) is 25.5 Å². The van der Waals surface area contributed by atoms with Gasteiger partial charge in [0.25, 0.3) is 5.91 Å². The topological polar surface area (TPSA) is 73.3 Å². The van der Waals surface area contributed by atoms with E-state index in [-0.39, 0.29) is 5.91 Å². The molecule has 1 aromatic carbocycles. The summed E-state index contributed by atoms with van der Waals surface area (Å²) in [5.74, 6) is 0.936. The van der Waals surface area contributed by atoms with E-state index < -0.39 is 0 Å². The van der Waals surface area contributed by atoms with Crippen LogP contribution in [0.2, 0.25) is 0 Å². The molecule has 6 nitrogen and oxygen atoms in total. The number of aryl methyl sites for hydroxylation is 2. The highest BCUT2D eigenvalue weighted by atomic mass is 32.1. The Labute approximate surface area is 153 Å². The van der Waals surface area contributed by atoms with Crippen LogP contribution < -0.4 is 14.8 Å². The number of hydrogen-bond acceptors (Lipinski definition) is 7. The minimum atomic E-state index is -0.280. The summed E-state index contributed by atoms with van der Waals surface area (Å²) in [5, 5.41) is 5.78. The molecule has 0 aliphatic rings. The first-order chi connectivity index (χ1) is 12.0. The Bertz CT molecular complexity index is 898. The third kappa shape index (κ3) is 3.49. The van der Waals surface area contributed by atoms with Crippen molar-refractivity contribution in [3.8, 4) is 22.1 Å². The number of carbonyl (C=O) groups excluding carboxylic acids is 1. The molecule has 3 aromatic rings. The zero-order valence-corrected chi connectivity index (χ0v) is 15.9. The van der Waals surface area contributed by atoms with Crippen LogP contribution in [0.5, 0.6) is 11.5 Å². The van der Waals surface area contributed by atoms with Crippen LogP contribution >= 0.6 is 22.7 Å². The largest absolute Gasteiger partial charge is 0.493 e. The Hall–Kier alpha value is -2.45. The van der Waals surface area contributed by atoms with Gasteiger partial charge in [-0.2, -0.15) is 0 Å². The molecule has 0 spiro atoms. The van der Waals surface area contributed by atoms with E-state index in [1.54, 1.807) is 19.6 Å². The summed E-state index contributed by atoms with van der Waals surface area (Å²) in [5.41, 5.74) is 2.04. The molecule has 0 aliphatic carbocycles. The predicted octanol–water partition coefficient (Wildman–Crippen LogP) is 4.15. The Balaban J connectivity index is 1.86. The number of aromatic nitrogens is 2. The Kier molecular flexibility index (Phi) is 5.00. The fourth-order valence-corrected chi connectivity index (χ4v) is 3.88. The van der Waals surface area contributed by atoms with E-state index in [2.05, 4.69) is 15.3 Å². The van der Waals surface area contributed by atoms with E-state index in [9.17, 15) is 4.79 Å². The number of anilines is 1. The molecule has 2 aromatic heterocycles. The summed E-state index contributed by atoms with van der Waals surface area (Å²) in [6.07, 6.45) is 0. The molecule has 0 atom stereocenters. The smallest absolute Gasteiger partial charge is 0.276 e. The van der Waals surface area contributed by atoms with Gasteiger partial charge >= 0.3 is 0 Å². The first-order valence-electron chi connectivity index (χ1n) is 7.45. The number of nitrogens with one attached hydrogen (secondary N) is 1. The van der Waals surface area contributed by atoms with E-state index in [0.29, 0.717) is 27.3 Å². The van der Waals surface area contributed by atoms with Crippen molar-refractivity contribution in [2.75, 3.05) is 19.5 Å². The number of amides is 1. The predicted molar refractivity (Wildman–Crippen MR) is 100 cm³/mol. The third-order valence-corrected chi connectivity index (χ3v) is 5.48. The molecule has 0 fully saturated rings. The highest BCUT2D eigenvalue weighted by molar-refractivity contribution is 7.16. The Morgan fingerprint density at radius 3 is 2.60 bits per heavy atom. The zero-order valence-electron chi connectivity index (χ0n) is 14.2. The van der Waals surface area contributed by atoms with Gasteiger partial charge in [-0.25, -0.2) is 9.97 Å². The van der Waals surface area contributed by atoms with Crippen molar-refractivity contribution in [3.05, 3.63) is 39.8 Å². The third-order valence-electron chi connectivity index (χ3n) is 3.62.